The van der Waals surface area contributed by atoms with E-state index in [0.717, 1.165) is 12.5 Å². The van der Waals surface area contributed by atoms with Crippen molar-refractivity contribution in [1.29, 1.82) is 0 Å². The molecule has 0 aromatic carbocycles. The van der Waals surface area contributed by atoms with E-state index in [1.165, 1.54) is 6.42 Å². The molecular formula is C9H15NO2. The molecule has 2 rings (SSSR count). The Labute approximate surface area is 72.7 Å². The Hall–Kier alpha value is -0.570. The lowest BCUT2D eigenvalue weighted by Gasteiger charge is -2.20. The van der Waals surface area contributed by atoms with Crippen LogP contribution in [-0.4, -0.2) is 37.1 Å². The number of esters is 1. The Balaban J connectivity index is 1.97. The van der Waals surface area contributed by atoms with E-state index in [1.54, 1.807) is 0 Å². The quantitative estimate of drug-likeness (QED) is 0.564. The summed E-state index contributed by atoms with van der Waals surface area (Å²) in [4.78, 5) is 13.6. The van der Waals surface area contributed by atoms with Crippen molar-refractivity contribution < 1.29 is 9.53 Å². The van der Waals surface area contributed by atoms with Crippen LogP contribution in [0.25, 0.3) is 0 Å². The second-order valence-electron chi connectivity index (χ2n) is 3.80. The van der Waals surface area contributed by atoms with Gasteiger partial charge in [0.2, 0.25) is 0 Å². The minimum absolute atomic E-state index is 0.0231. The van der Waals surface area contributed by atoms with Crippen molar-refractivity contribution in [3.8, 4) is 0 Å². The van der Waals surface area contributed by atoms with Gasteiger partial charge < -0.3 is 4.74 Å². The molecule has 1 saturated heterocycles. The Kier molecular flexibility index (Phi) is 1.83. The van der Waals surface area contributed by atoms with Gasteiger partial charge in [-0.3, -0.25) is 9.69 Å². The third-order valence-electron chi connectivity index (χ3n) is 2.91. The standard InChI is InChI=1S/C9H15NO2/c1-3-12-9(11)8-7-4-6(7)5-10(8)2/h6-8H,3-5H2,1-2H3. The van der Waals surface area contributed by atoms with E-state index in [1.807, 2.05) is 14.0 Å². The highest BCUT2D eigenvalue weighted by molar-refractivity contribution is 5.77. The molecule has 3 atom stereocenters. The van der Waals surface area contributed by atoms with Crippen LogP contribution in [0.1, 0.15) is 13.3 Å². The van der Waals surface area contributed by atoms with Crippen LogP contribution in [0.5, 0.6) is 0 Å². The predicted octanol–water partition coefficient (Wildman–Crippen LogP) is 0.500. The summed E-state index contributed by atoms with van der Waals surface area (Å²) >= 11 is 0. The van der Waals surface area contributed by atoms with E-state index < -0.39 is 0 Å². The first kappa shape index (κ1) is 8.05. The fourth-order valence-corrected chi connectivity index (χ4v) is 2.26. The summed E-state index contributed by atoms with van der Waals surface area (Å²) < 4.78 is 5.01. The molecule has 3 unspecified atom stereocenters. The molecule has 1 aliphatic heterocycles. The number of carbonyl (C=O) groups is 1. The summed E-state index contributed by atoms with van der Waals surface area (Å²) in [5.41, 5.74) is 0. The predicted molar refractivity (Wildman–Crippen MR) is 44.6 cm³/mol. The molecule has 12 heavy (non-hydrogen) atoms. The first-order valence-electron chi connectivity index (χ1n) is 4.61. The largest absolute Gasteiger partial charge is 0.465 e. The maximum Gasteiger partial charge on any atom is 0.323 e. The van der Waals surface area contributed by atoms with Gasteiger partial charge in [-0.15, -0.1) is 0 Å². The first-order chi connectivity index (χ1) is 5.74. The summed E-state index contributed by atoms with van der Waals surface area (Å²) in [7, 11) is 2.01. The van der Waals surface area contributed by atoms with E-state index in [2.05, 4.69) is 4.90 Å². The van der Waals surface area contributed by atoms with Crippen molar-refractivity contribution in [2.75, 3.05) is 20.2 Å². The summed E-state index contributed by atoms with van der Waals surface area (Å²) in [5, 5.41) is 0. The van der Waals surface area contributed by atoms with Crippen molar-refractivity contribution >= 4 is 5.97 Å². The molecule has 0 bridgehead atoms. The zero-order chi connectivity index (χ0) is 8.72. The number of likely N-dealkylation sites (N-methyl/N-ethyl adjacent to an activating group) is 1. The minimum atomic E-state index is -0.0231. The van der Waals surface area contributed by atoms with Crippen molar-refractivity contribution in [3.63, 3.8) is 0 Å². The van der Waals surface area contributed by atoms with Crippen LogP contribution in [0.3, 0.4) is 0 Å². The second-order valence-corrected chi connectivity index (χ2v) is 3.80. The summed E-state index contributed by atoms with van der Waals surface area (Å²) in [5.74, 6) is 1.36. The summed E-state index contributed by atoms with van der Waals surface area (Å²) in [6.07, 6.45) is 1.23. The molecule has 1 aliphatic carbocycles. The first-order valence-corrected chi connectivity index (χ1v) is 4.61. The van der Waals surface area contributed by atoms with Crippen LogP contribution in [-0.2, 0) is 9.53 Å². The topological polar surface area (TPSA) is 29.5 Å². The molecule has 0 N–H and O–H groups in total. The van der Waals surface area contributed by atoms with Crippen LogP contribution in [0, 0.1) is 11.8 Å². The molecule has 0 aromatic heterocycles. The molecule has 0 amide bonds. The highest BCUT2D eigenvalue weighted by atomic mass is 16.5. The zero-order valence-corrected chi connectivity index (χ0v) is 7.62. The van der Waals surface area contributed by atoms with Gasteiger partial charge in [-0.1, -0.05) is 0 Å². The lowest BCUT2D eigenvalue weighted by molar-refractivity contribution is -0.148. The number of piperidine rings is 1. The average Bonchev–Trinajstić information content (AvgIpc) is 2.63. The van der Waals surface area contributed by atoms with Gasteiger partial charge in [0.15, 0.2) is 0 Å². The Morgan fingerprint density at radius 3 is 2.92 bits per heavy atom. The molecular weight excluding hydrogens is 154 g/mol. The van der Waals surface area contributed by atoms with Crippen molar-refractivity contribution in [1.82, 2.24) is 4.90 Å². The van der Waals surface area contributed by atoms with Crippen molar-refractivity contribution in [2.45, 2.75) is 19.4 Å². The van der Waals surface area contributed by atoms with Gasteiger partial charge in [0.1, 0.15) is 6.04 Å². The van der Waals surface area contributed by atoms with E-state index in [-0.39, 0.29) is 12.0 Å². The molecule has 0 radical (unpaired) electrons. The van der Waals surface area contributed by atoms with Gasteiger partial charge >= 0.3 is 5.97 Å². The van der Waals surface area contributed by atoms with Crippen LogP contribution in [0.2, 0.25) is 0 Å². The molecule has 2 aliphatic rings. The molecule has 3 nitrogen and oxygen atoms in total. The molecule has 1 heterocycles. The van der Waals surface area contributed by atoms with E-state index >= 15 is 0 Å². The van der Waals surface area contributed by atoms with E-state index in [9.17, 15) is 4.79 Å². The molecule has 68 valence electrons. The normalized spacial score (nSPS) is 39.3. The number of rotatable bonds is 2. The fourth-order valence-electron chi connectivity index (χ4n) is 2.26. The molecule has 0 aromatic rings. The molecule has 0 spiro atoms. The maximum atomic E-state index is 11.4. The Morgan fingerprint density at radius 2 is 2.42 bits per heavy atom. The third-order valence-corrected chi connectivity index (χ3v) is 2.91. The number of hydrogen-bond donors (Lipinski definition) is 0. The van der Waals surface area contributed by atoms with Gasteiger partial charge in [-0.05, 0) is 32.2 Å². The van der Waals surface area contributed by atoms with Crippen LogP contribution >= 0.6 is 0 Å². The maximum absolute atomic E-state index is 11.4. The molecule has 1 saturated carbocycles. The molecule has 2 fully saturated rings. The van der Waals surface area contributed by atoms with Gasteiger partial charge in [-0.25, -0.2) is 0 Å². The smallest absolute Gasteiger partial charge is 0.323 e. The fraction of sp³-hybridized carbons (Fsp3) is 0.889. The lowest BCUT2D eigenvalue weighted by Crippen LogP contribution is -2.37. The van der Waals surface area contributed by atoms with E-state index in [4.69, 9.17) is 4.74 Å². The zero-order valence-electron chi connectivity index (χ0n) is 7.62. The minimum Gasteiger partial charge on any atom is -0.465 e. The summed E-state index contributed by atoms with van der Waals surface area (Å²) in [6.45, 7) is 3.44. The van der Waals surface area contributed by atoms with Crippen molar-refractivity contribution in [2.24, 2.45) is 11.8 Å². The van der Waals surface area contributed by atoms with Crippen molar-refractivity contribution in [3.05, 3.63) is 0 Å². The number of hydrogen-bond acceptors (Lipinski definition) is 3. The van der Waals surface area contributed by atoms with Crippen LogP contribution in [0.15, 0.2) is 0 Å². The number of nitrogens with zero attached hydrogens (tertiary/aromatic N) is 1. The lowest BCUT2D eigenvalue weighted by atomic mass is 10.2. The number of likely N-dealkylation sites (tertiary alicyclic amines) is 1. The average molecular weight is 169 g/mol. The molecule has 3 heteroatoms. The van der Waals surface area contributed by atoms with Gasteiger partial charge in [0.05, 0.1) is 6.61 Å². The number of carbonyl (C=O) groups excluding carboxylic acids is 1. The van der Waals surface area contributed by atoms with Gasteiger partial charge in [0.25, 0.3) is 0 Å². The van der Waals surface area contributed by atoms with Crippen LogP contribution in [0.4, 0.5) is 0 Å². The highest BCUT2D eigenvalue weighted by Gasteiger charge is 2.54. The van der Waals surface area contributed by atoms with Gasteiger partial charge in [-0.2, -0.15) is 0 Å². The second kappa shape index (κ2) is 2.73. The Morgan fingerprint density at radius 1 is 1.67 bits per heavy atom. The monoisotopic (exact) mass is 169 g/mol. The van der Waals surface area contributed by atoms with E-state index in [0.29, 0.717) is 12.5 Å². The Bertz CT molecular complexity index is 203. The SMILES string of the molecule is CCOC(=O)C1C2CC2CN1C. The third kappa shape index (κ3) is 1.12. The number of ether oxygens (including phenoxy) is 1. The van der Waals surface area contributed by atoms with Gasteiger partial charge in [0, 0.05) is 6.54 Å². The summed E-state index contributed by atoms with van der Waals surface area (Å²) in [6, 6.07) is 0.0648. The number of fused-ring (bicyclic) bond motifs is 1. The van der Waals surface area contributed by atoms with Crippen LogP contribution < -0.4 is 0 Å². The highest BCUT2D eigenvalue weighted by Crippen LogP contribution is 2.49.